The predicted molar refractivity (Wildman–Crippen MR) is 72.0 cm³/mol. The molecule has 82 valence electrons. The van der Waals surface area contributed by atoms with Gasteiger partial charge in [0.15, 0.2) is 0 Å². The average molecular weight is 238 g/mol. The smallest absolute Gasteiger partial charge is 0.138 e. The number of thiocyanates is 1. The maximum atomic E-state index is 8.79. The van der Waals surface area contributed by atoms with Gasteiger partial charge in [0, 0.05) is 26.7 Å². The second kappa shape index (κ2) is 3.83. The molecule has 3 heteroatoms. The van der Waals surface area contributed by atoms with Crippen LogP contribution in [-0.4, -0.2) is 4.98 Å². The number of fused-ring (bicyclic) bond motifs is 3. The molecule has 2 nitrogen and oxygen atoms in total. The van der Waals surface area contributed by atoms with Crippen molar-refractivity contribution in [3.05, 3.63) is 42.0 Å². The number of aryl methyl sites for hydroxylation is 1. The van der Waals surface area contributed by atoms with Crippen LogP contribution >= 0.6 is 11.8 Å². The summed E-state index contributed by atoms with van der Waals surface area (Å²) in [4.78, 5) is 4.43. The monoisotopic (exact) mass is 238 g/mol. The molecule has 3 aromatic rings. The average Bonchev–Trinajstić information content (AvgIpc) is 2.67. The maximum absolute atomic E-state index is 8.79. The summed E-state index contributed by atoms with van der Waals surface area (Å²) in [5, 5.41) is 13.3. The van der Waals surface area contributed by atoms with Crippen molar-refractivity contribution in [1.29, 1.82) is 5.26 Å². The zero-order chi connectivity index (χ0) is 11.8. The lowest BCUT2D eigenvalue weighted by Gasteiger charge is -2.00. The number of nitrogens with one attached hydrogen (secondary N) is 1. The van der Waals surface area contributed by atoms with E-state index >= 15 is 0 Å². The van der Waals surface area contributed by atoms with Gasteiger partial charge in [0.05, 0.1) is 0 Å². The Labute approximate surface area is 103 Å². The molecule has 0 radical (unpaired) electrons. The van der Waals surface area contributed by atoms with E-state index in [2.05, 4.69) is 34.7 Å². The van der Waals surface area contributed by atoms with E-state index in [9.17, 15) is 0 Å². The third-order valence-corrected chi connectivity index (χ3v) is 3.71. The molecule has 0 aliphatic rings. The van der Waals surface area contributed by atoms with Gasteiger partial charge in [-0.2, -0.15) is 5.26 Å². The molecule has 0 atom stereocenters. The number of nitrogens with zero attached hydrogens (tertiary/aromatic N) is 1. The first-order chi connectivity index (χ1) is 8.29. The van der Waals surface area contributed by atoms with Gasteiger partial charge >= 0.3 is 0 Å². The second-order valence-corrected chi connectivity index (χ2v) is 4.85. The lowest BCUT2D eigenvalue weighted by atomic mass is 10.1. The number of para-hydroxylation sites is 1. The number of benzene rings is 2. The largest absolute Gasteiger partial charge is 0.355 e. The molecule has 0 saturated carbocycles. The van der Waals surface area contributed by atoms with Crippen LogP contribution in [0.4, 0.5) is 0 Å². The topological polar surface area (TPSA) is 39.6 Å². The van der Waals surface area contributed by atoms with E-state index in [4.69, 9.17) is 5.26 Å². The Morgan fingerprint density at radius 3 is 2.76 bits per heavy atom. The predicted octanol–water partition coefficient (Wildman–Crippen LogP) is 4.20. The number of aromatic nitrogens is 1. The number of rotatable bonds is 1. The third-order valence-electron chi connectivity index (χ3n) is 2.96. The van der Waals surface area contributed by atoms with Gasteiger partial charge in [-0.05, 0) is 42.4 Å². The fourth-order valence-electron chi connectivity index (χ4n) is 2.15. The Kier molecular flexibility index (Phi) is 2.31. The summed E-state index contributed by atoms with van der Waals surface area (Å²) in [5.41, 5.74) is 3.41. The fourth-order valence-corrected chi connectivity index (χ4v) is 2.64. The zero-order valence-electron chi connectivity index (χ0n) is 9.32. The van der Waals surface area contributed by atoms with E-state index < -0.39 is 0 Å². The third kappa shape index (κ3) is 1.58. The molecule has 1 heterocycles. The number of nitriles is 1. The van der Waals surface area contributed by atoms with Crippen LogP contribution in [0.3, 0.4) is 0 Å². The Morgan fingerprint density at radius 1 is 1.12 bits per heavy atom. The summed E-state index contributed by atoms with van der Waals surface area (Å²) in [6.07, 6.45) is 0. The van der Waals surface area contributed by atoms with Gasteiger partial charge in [0.2, 0.25) is 0 Å². The van der Waals surface area contributed by atoms with Gasteiger partial charge in [-0.25, -0.2) is 0 Å². The first-order valence-corrected chi connectivity index (χ1v) is 6.18. The van der Waals surface area contributed by atoms with Gasteiger partial charge < -0.3 is 4.98 Å². The number of aromatic amines is 1. The van der Waals surface area contributed by atoms with Crippen LogP contribution in [-0.2, 0) is 0 Å². The van der Waals surface area contributed by atoms with E-state index in [1.165, 1.54) is 22.5 Å². The van der Waals surface area contributed by atoms with Crippen LogP contribution in [0.2, 0.25) is 0 Å². The van der Waals surface area contributed by atoms with Crippen molar-refractivity contribution in [2.45, 2.75) is 11.8 Å². The number of hydrogen-bond donors (Lipinski definition) is 1. The summed E-state index contributed by atoms with van der Waals surface area (Å²) in [6, 6.07) is 12.4. The summed E-state index contributed by atoms with van der Waals surface area (Å²) in [5.74, 6) is 0. The van der Waals surface area contributed by atoms with Gasteiger partial charge in [0.1, 0.15) is 5.40 Å². The zero-order valence-corrected chi connectivity index (χ0v) is 10.1. The number of H-pyrrole nitrogens is 1. The molecule has 1 N–H and O–H groups in total. The molecule has 17 heavy (non-hydrogen) atoms. The molecule has 3 rings (SSSR count). The highest BCUT2D eigenvalue weighted by molar-refractivity contribution is 8.03. The van der Waals surface area contributed by atoms with Crippen LogP contribution in [0.15, 0.2) is 41.3 Å². The van der Waals surface area contributed by atoms with E-state index in [0.717, 1.165) is 21.5 Å². The van der Waals surface area contributed by atoms with E-state index in [1.54, 1.807) is 0 Å². The summed E-state index contributed by atoms with van der Waals surface area (Å²) >= 11 is 1.22. The van der Waals surface area contributed by atoms with Crippen LogP contribution < -0.4 is 0 Å². The Hall–Kier alpha value is -1.92. The van der Waals surface area contributed by atoms with E-state index in [0.29, 0.717) is 0 Å². The molecule has 0 aliphatic heterocycles. The minimum absolute atomic E-state index is 1.03. The minimum Gasteiger partial charge on any atom is -0.355 e. The van der Waals surface area contributed by atoms with Crippen LogP contribution in [0, 0.1) is 17.6 Å². The van der Waals surface area contributed by atoms with Crippen molar-refractivity contribution >= 4 is 33.6 Å². The highest BCUT2D eigenvalue weighted by atomic mass is 32.2. The molecule has 1 aromatic heterocycles. The highest BCUT2D eigenvalue weighted by Gasteiger charge is 2.07. The molecule has 0 amide bonds. The first kappa shape index (κ1) is 10.2. The molecule has 0 unspecified atom stereocenters. The molecule has 0 spiro atoms. The van der Waals surface area contributed by atoms with Crippen molar-refractivity contribution in [3.63, 3.8) is 0 Å². The molecule has 0 fully saturated rings. The van der Waals surface area contributed by atoms with Gasteiger partial charge in [-0.3, -0.25) is 0 Å². The lowest BCUT2D eigenvalue weighted by Crippen LogP contribution is -1.78. The standard InChI is InChI=1S/C14H10N2S/c1-9-6-13-11(7-14(9)17-8-15)10-4-2-3-5-12(10)16-13/h2-7,16H,1H3. The summed E-state index contributed by atoms with van der Waals surface area (Å²) < 4.78 is 0. The van der Waals surface area contributed by atoms with Gasteiger partial charge in [-0.1, -0.05) is 18.2 Å². The number of hydrogen-bond acceptors (Lipinski definition) is 2. The van der Waals surface area contributed by atoms with Crippen molar-refractivity contribution in [1.82, 2.24) is 4.98 Å². The lowest BCUT2D eigenvalue weighted by molar-refractivity contribution is 1.33. The Balaban J connectivity index is 2.40. The van der Waals surface area contributed by atoms with Crippen molar-refractivity contribution in [3.8, 4) is 5.40 Å². The van der Waals surface area contributed by atoms with Crippen molar-refractivity contribution in [2.24, 2.45) is 0 Å². The van der Waals surface area contributed by atoms with Crippen molar-refractivity contribution < 1.29 is 0 Å². The quantitative estimate of drug-likeness (QED) is 0.509. The number of thioether (sulfide) groups is 1. The molecular weight excluding hydrogens is 228 g/mol. The van der Waals surface area contributed by atoms with Crippen LogP contribution in [0.5, 0.6) is 0 Å². The van der Waals surface area contributed by atoms with Gasteiger partial charge in [-0.15, -0.1) is 0 Å². The highest BCUT2D eigenvalue weighted by Crippen LogP contribution is 2.31. The summed E-state index contributed by atoms with van der Waals surface area (Å²) in [7, 11) is 0. The Bertz CT molecular complexity index is 750. The Morgan fingerprint density at radius 2 is 1.94 bits per heavy atom. The van der Waals surface area contributed by atoms with Crippen LogP contribution in [0.25, 0.3) is 21.8 Å². The van der Waals surface area contributed by atoms with Crippen molar-refractivity contribution in [2.75, 3.05) is 0 Å². The van der Waals surface area contributed by atoms with Crippen LogP contribution in [0.1, 0.15) is 5.56 Å². The molecule has 2 aromatic carbocycles. The molecule has 0 saturated heterocycles. The molecule has 0 bridgehead atoms. The minimum atomic E-state index is 1.03. The van der Waals surface area contributed by atoms with E-state index in [-0.39, 0.29) is 0 Å². The first-order valence-electron chi connectivity index (χ1n) is 5.36. The molecular formula is C14H10N2S. The summed E-state index contributed by atoms with van der Waals surface area (Å²) in [6.45, 7) is 2.03. The molecule has 0 aliphatic carbocycles. The normalized spacial score (nSPS) is 10.8. The fraction of sp³-hybridized carbons (Fsp3) is 0.0714. The second-order valence-electron chi connectivity index (χ2n) is 4.03. The maximum Gasteiger partial charge on any atom is 0.138 e. The van der Waals surface area contributed by atoms with Gasteiger partial charge in [0.25, 0.3) is 0 Å². The SMILES string of the molecule is Cc1cc2[nH]c3ccccc3c2cc1SC#N. The van der Waals surface area contributed by atoms with E-state index in [1.807, 2.05) is 19.1 Å².